The fourth-order valence-corrected chi connectivity index (χ4v) is 1.35. The lowest BCUT2D eigenvalue weighted by molar-refractivity contribution is -0.159. The van der Waals surface area contributed by atoms with Gasteiger partial charge in [0, 0.05) is 6.92 Å². The molecule has 0 N–H and O–H groups in total. The molecule has 1 rings (SSSR count). The Kier molecular flexibility index (Phi) is 4.21. The molecule has 3 heteroatoms. The molecule has 0 heterocycles. The SMILES string of the molecule is CC(=O)OC(C)(C)C(=O)/C=C/c1ccccc1. The van der Waals surface area contributed by atoms with Gasteiger partial charge in [0.2, 0.25) is 0 Å². The number of benzene rings is 1. The van der Waals surface area contributed by atoms with Crippen molar-refractivity contribution in [2.45, 2.75) is 26.4 Å². The van der Waals surface area contributed by atoms with E-state index in [1.54, 1.807) is 19.9 Å². The molecular formula is C14H16O3. The van der Waals surface area contributed by atoms with Crippen molar-refractivity contribution in [3.8, 4) is 0 Å². The molecule has 0 aliphatic heterocycles. The minimum atomic E-state index is -1.11. The van der Waals surface area contributed by atoms with Gasteiger partial charge < -0.3 is 4.74 Å². The first-order valence-corrected chi connectivity index (χ1v) is 5.39. The third-order valence-corrected chi connectivity index (χ3v) is 2.22. The Morgan fingerprint density at radius 1 is 1.18 bits per heavy atom. The van der Waals surface area contributed by atoms with E-state index in [2.05, 4.69) is 0 Å². The van der Waals surface area contributed by atoms with Crippen LogP contribution in [0.3, 0.4) is 0 Å². The zero-order valence-corrected chi connectivity index (χ0v) is 10.3. The molecule has 1 aromatic rings. The zero-order valence-electron chi connectivity index (χ0n) is 10.3. The maximum Gasteiger partial charge on any atom is 0.303 e. The summed E-state index contributed by atoms with van der Waals surface area (Å²) < 4.78 is 4.95. The molecule has 0 unspecified atom stereocenters. The van der Waals surface area contributed by atoms with Gasteiger partial charge in [-0.1, -0.05) is 36.4 Å². The van der Waals surface area contributed by atoms with Gasteiger partial charge in [-0.05, 0) is 25.5 Å². The van der Waals surface area contributed by atoms with Crippen molar-refractivity contribution in [3.05, 3.63) is 42.0 Å². The van der Waals surface area contributed by atoms with E-state index in [0.717, 1.165) is 5.56 Å². The second-order valence-electron chi connectivity index (χ2n) is 4.21. The molecule has 0 saturated carbocycles. The van der Waals surface area contributed by atoms with E-state index in [-0.39, 0.29) is 5.78 Å². The fourth-order valence-electron chi connectivity index (χ4n) is 1.35. The van der Waals surface area contributed by atoms with Crippen molar-refractivity contribution in [1.29, 1.82) is 0 Å². The predicted octanol–water partition coefficient (Wildman–Crippen LogP) is 2.61. The van der Waals surface area contributed by atoms with Crippen LogP contribution in [-0.2, 0) is 14.3 Å². The van der Waals surface area contributed by atoms with Gasteiger partial charge in [0.05, 0.1) is 0 Å². The van der Waals surface area contributed by atoms with E-state index in [0.29, 0.717) is 0 Å². The normalized spacial score (nSPS) is 11.5. The number of ether oxygens (including phenoxy) is 1. The first-order valence-electron chi connectivity index (χ1n) is 5.39. The Bertz CT molecular complexity index is 430. The van der Waals surface area contributed by atoms with Crippen LogP contribution in [0.4, 0.5) is 0 Å². The fraction of sp³-hybridized carbons (Fsp3) is 0.286. The van der Waals surface area contributed by atoms with Crippen LogP contribution >= 0.6 is 0 Å². The lowest BCUT2D eigenvalue weighted by Crippen LogP contribution is -2.35. The van der Waals surface area contributed by atoms with E-state index in [1.165, 1.54) is 13.0 Å². The van der Waals surface area contributed by atoms with Gasteiger partial charge in [-0.25, -0.2) is 0 Å². The van der Waals surface area contributed by atoms with Gasteiger partial charge in [-0.15, -0.1) is 0 Å². The average Bonchev–Trinajstić information content (AvgIpc) is 2.25. The van der Waals surface area contributed by atoms with Crippen LogP contribution in [-0.4, -0.2) is 17.4 Å². The third-order valence-electron chi connectivity index (χ3n) is 2.22. The van der Waals surface area contributed by atoms with Crippen LogP contribution in [0.15, 0.2) is 36.4 Å². The van der Waals surface area contributed by atoms with Crippen LogP contribution in [0.5, 0.6) is 0 Å². The summed E-state index contributed by atoms with van der Waals surface area (Å²) in [6.07, 6.45) is 3.13. The Labute approximate surface area is 101 Å². The summed E-state index contributed by atoms with van der Waals surface area (Å²) in [7, 11) is 0. The molecular weight excluding hydrogens is 216 g/mol. The highest BCUT2D eigenvalue weighted by molar-refractivity contribution is 6.00. The lowest BCUT2D eigenvalue weighted by atomic mass is 10.0. The molecule has 0 bridgehead atoms. The Hall–Kier alpha value is -1.90. The summed E-state index contributed by atoms with van der Waals surface area (Å²) in [6, 6.07) is 9.47. The van der Waals surface area contributed by atoms with Gasteiger partial charge >= 0.3 is 5.97 Å². The van der Waals surface area contributed by atoms with Crippen molar-refractivity contribution < 1.29 is 14.3 Å². The topological polar surface area (TPSA) is 43.4 Å². The van der Waals surface area contributed by atoms with Crippen LogP contribution in [0.25, 0.3) is 6.08 Å². The summed E-state index contributed by atoms with van der Waals surface area (Å²) in [5.41, 5.74) is -0.184. The summed E-state index contributed by atoms with van der Waals surface area (Å²) in [5.74, 6) is -0.701. The molecule has 0 aliphatic carbocycles. The van der Waals surface area contributed by atoms with E-state index in [1.807, 2.05) is 30.3 Å². The number of esters is 1. The summed E-state index contributed by atoms with van der Waals surface area (Å²) in [5, 5.41) is 0. The number of carbonyl (C=O) groups excluding carboxylic acids is 2. The van der Waals surface area contributed by atoms with Gasteiger partial charge in [0.25, 0.3) is 0 Å². The Morgan fingerprint density at radius 2 is 1.76 bits per heavy atom. The minimum Gasteiger partial charge on any atom is -0.451 e. The van der Waals surface area contributed by atoms with Crippen molar-refractivity contribution in [2.24, 2.45) is 0 Å². The lowest BCUT2D eigenvalue weighted by Gasteiger charge is -2.20. The quantitative estimate of drug-likeness (QED) is 0.592. The number of carbonyl (C=O) groups is 2. The zero-order chi connectivity index (χ0) is 12.9. The molecule has 90 valence electrons. The van der Waals surface area contributed by atoms with E-state index in [4.69, 9.17) is 4.74 Å². The van der Waals surface area contributed by atoms with Crippen LogP contribution in [0.1, 0.15) is 26.3 Å². The first-order chi connectivity index (χ1) is 7.92. The highest BCUT2D eigenvalue weighted by Gasteiger charge is 2.28. The molecule has 17 heavy (non-hydrogen) atoms. The van der Waals surface area contributed by atoms with Gasteiger partial charge in [-0.2, -0.15) is 0 Å². The Morgan fingerprint density at radius 3 is 2.29 bits per heavy atom. The van der Waals surface area contributed by atoms with E-state index in [9.17, 15) is 9.59 Å². The van der Waals surface area contributed by atoms with E-state index < -0.39 is 11.6 Å². The molecule has 3 nitrogen and oxygen atoms in total. The molecule has 0 aliphatic rings. The van der Waals surface area contributed by atoms with Gasteiger partial charge in [0.15, 0.2) is 11.4 Å². The highest BCUT2D eigenvalue weighted by atomic mass is 16.6. The monoisotopic (exact) mass is 232 g/mol. The van der Waals surface area contributed by atoms with Crippen LogP contribution < -0.4 is 0 Å². The van der Waals surface area contributed by atoms with E-state index >= 15 is 0 Å². The van der Waals surface area contributed by atoms with Crippen molar-refractivity contribution in [2.75, 3.05) is 0 Å². The summed E-state index contributed by atoms with van der Waals surface area (Å²) >= 11 is 0. The van der Waals surface area contributed by atoms with Crippen molar-refractivity contribution in [3.63, 3.8) is 0 Å². The average molecular weight is 232 g/mol. The highest BCUT2D eigenvalue weighted by Crippen LogP contribution is 2.13. The van der Waals surface area contributed by atoms with Crippen LogP contribution in [0, 0.1) is 0 Å². The molecule has 0 radical (unpaired) electrons. The maximum atomic E-state index is 11.8. The minimum absolute atomic E-state index is 0.239. The standard InChI is InChI=1S/C14H16O3/c1-11(15)17-14(2,3)13(16)10-9-12-7-5-4-6-8-12/h4-10H,1-3H3/b10-9+. The predicted molar refractivity (Wildman–Crippen MR) is 66.3 cm³/mol. The smallest absolute Gasteiger partial charge is 0.303 e. The molecule has 0 fully saturated rings. The summed E-state index contributed by atoms with van der Waals surface area (Å²) in [4.78, 5) is 22.6. The van der Waals surface area contributed by atoms with Crippen molar-refractivity contribution >= 4 is 17.8 Å². The number of rotatable bonds is 4. The third kappa shape index (κ3) is 4.23. The second kappa shape index (κ2) is 5.43. The maximum absolute atomic E-state index is 11.8. The van der Waals surface area contributed by atoms with Crippen molar-refractivity contribution in [1.82, 2.24) is 0 Å². The molecule has 0 atom stereocenters. The largest absolute Gasteiger partial charge is 0.451 e. The molecule has 0 aromatic heterocycles. The van der Waals surface area contributed by atoms with Crippen LogP contribution in [0.2, 0.25) is 0 Å². The number of hydrogen-bond donors (Lipinski definition) is 0. The molecule has 1 aromatic carbocycles. The molecule has 0 saturated heterocycles. The van der Waals surface area contributed by atoms with Gasteiger partial charge in [0.1, 0.15) is 0 Å². The number of ketones is 1. The first kappa shape index (κ1) is 13.2. The molecule has 0 amide bonds. The Balaban J connectivity index is 2.72. The molecule has 0 spiro atoms. The number of hydrogen-bond acceptors (Lipinski definition) is 3. The summed E-state index contributed by atoms with van der Waals surface area (Å²) in [6.45, 7) is 4.44. The second-order valence-corrected chi connectivity index (χ2v) is 4.21. The van der Waals surface area contributed by atoms with Gasteiger partial charge in [-0.3, -0.25) is 9.59 Å².